The molecule has 0 saturated heterocycles. The van der Waals surface area contributed by atoms with E-state index in [1.54, 1.807) is 6.07 Å². The molecule has 1 aliphatic rings. The third-order valence-electron chi connectivity index (χ3n) is 4.05. The Balaban J connectivity index is 2.35. The van der Waals surface area contributed by atoms with Crippen LogP contribution in [0.4, 0.5) is 5.69 Å². The molecular weight excluding hydrogens is 254 g/mol. The van der Waals surface area contributed by atoms with E-state index < -0.39 is 5.97 Å². The Bertz CT molecular complexity index is 467. The Hall–Kier alpha value is -1.55. The highest BCUT2D eigenvalue weighted by atomic mass is 16.4. The number of hydrogen-bond donors (Lipinski definition) is 2. The van der Waals surface area contributed by atoms with Crippen LogP contribution >= 0.6 is 0 Å². The first-order valence-corrected chi connectivity index (χ1v) is 7.35. The highest BCUT2D eigenvalue weighted by Gasteiger charge is 2.24. The fraction of sp³-hybridized carbons (Fsp3) is 0.562. The first kappa shape index (κ1) is 14.9. The van der Waals surface area contributed by atoms with Crippen molar-refractivity contribution in [3.63, 3.8) is 0 Å². The Morgan fingerprint density at radius 2 is 2.00 bits per heavy atom. The van der Waals surface area contributed by atoms with Crippen LogP contribution < -0.4 is 4.90 Å². The second-order valence-corrected chi connectivity index (χ2v) is 5.53. The first-order valence-electron chi connectivity index (χ1n) is 7.35. The van der Waals surface area contributed by atoms with Gasteiger partial charge in [-0.1, -0.05) is 30.9 Å². The van der Waals surface area contributed by atoms with Crippen LogP contribution in [0.2, 0.25) is 0 Å². The van der Waals surface area contributed by atoms with E-state index in [0.717, 1.165) is 24.1 Å². The van der Waals surface area contributed by atoms with Crippen LogP contribution in [-0.4, -0.2) is 35.4 Å². The smallest absolute Gasteiger partial charge is 0.337 e. The normalized spacial score (nSPS) is 16.1. The van der Waals surface area contributed by atoms with E-state index in [1.807, 2.05) is 19.1 Å². The zero-order chi connectivity index (χ0) is 14.5. The SMILES string of the molecule is Cc1ccc(N(CCO)C2CCCCC2)c(C(=O)O)c1. The number of nitrogens with zero attached hydrogens (tertiary/aromatic N) is 1. The van der Waals surface area contributed by atoms with Gasteiger partial charge in [-0.2, -0.15) is 0 Å². The fourth-order valence-corrected chi connectivity index (χ4v) is 3.07. The standard InChI is InChI=1S/C16H23NO3/c1-12-7-8-15(14(11-12)16(19)20)17(9-10-18)13-5-3-2-4-6-13/h7-8,11,13,18H,2-6,9-10H2,1H3,(H,19,20). The summed E-state index contributed by atoms with van der Waals surface area (Å²) in [6, 6.07) is 5.87. The Labute approximate surface area is 120 Å². The minimum absolute atomic E-state index is 0.0451. The molecule has 0 radical (unpaired) electrons. The van der Waals surface area contributed by atoms with Crippen molar-refractivity contribution in [1.29, 1.82) is 0 Å². The summed E-state index contributed by atoms with van der Waals surface area (Å²) in [6.45, 7) is 2.44. The molecule has 110 valence electrons. The third-order valence-corrected chi connectivity index (χ3v) is 4.05. The van der Waals surface area contributed by atoms with Crippen molar-refractivity contribution in [2.75, 3.05) is 18.1 Å². The second-order valence-electron chi connectivity index (χ2n) is 5.53. The van der Waals surface area contributed by atoms with E-state index >= 15 is 0 Å². The summed E-state index contributed by atoms with van der Waals surface area (Å²) in [5.41, 5.74) is 2.02. The van der Waals surface area contributed by atoms with Gasteiger partial charge in [0.05, 0.1) is 17.9 Å². The summed E-state index contributed by atoms with van der Waals surface area (Å²) < 4.78 is 0. The van der Waals surface area contributed by atoms with Crippen LogP contribution in [0.1, 0.15) is 48.0 Å². The molecule has 2 N–H and O–H groups in total. The Kier molecular flexibility index (Phi) is 5.01. The number of aryl methyl sites for hydroxylation is 1. The second kappa shape index (κ2) is 6.75. The summed E-state index contributed by atoms with van der Waals surface area (Å²) in [4.78, 5) is 13.6. The van der Waals surface area contributed by atoms with Gasteiger partial charge in [0.15, 0.2) is 0 Å². The number of aliphatic hydroxyl groups is 1. The Morgan fingerprint density at radius 1 is 1.30 bits per heavy atom. The molecule has 1 saturated carbocycles. The lowest BCUT2D eigenvalue weighted by molar-refractivity contribution is 0.0697. The number of rotatable bonds is 5. The van der Waals surface area contributed by atoms with Crippen LogP contribution in [0.15, 0.2) is 18.2 Å². The molecule has 1 aliphatic carbocycles. The van der Waals surface area contributed by atoms with Gasteiger partial charge in [-0.05, 0) is 31.9 Å². The number of carboxylic acids is 1. The van der Waals surface area contributed by atoms with E-state index in [-0.39, 0.29) is 6.61 Å². The quantitative estimate of drug-likeness (QED) is 0.869. The molecule has 0 heterocycles. The summed E-state index contributed by atoms with van der Waals surface area (Å²) >= 11 is 0. The van der Waals surface area contributed by atoms with Gasteiger partial charge in [-0.15, -0.1) is 0 Å². The third kappa shape index (κ3) is 3.31. The first-order chi connectivity index (χ1) is 9.63. The number of aromatic carboxylic acids is 1. The van der Waals surface area contributed by atoms with Gasteiger partial charge >= 0.3 is 5.97 Å². The lowest BCUT2D eigenvalue weighted by atomic mass is 9.93. The predicted octanol–water partition coefficient (Wildman–Crippen LogP) is 2.82. The van der Waals surface area contributed by atoms with Crippen molar-refractivity contribution in [3.8, 4) is 0 Å². The number of benzene rings is 1. The molecule has 4 heteroatoms. The monoisotopic (exact) mass is 277 g/mol. The van der Waals surface area contributed by atoms with Gasteiger partial charge in [0.25, 0.3) is 0 Å². The number of aliphatic hydroxyl groups excluding tert-OH is 1. The molecule has 0 amide bonds. The van der Waals surface area contributed by atoms with E-state index in [2.05, 4.69) is 4.90 Å². The number of hydrogen-bond acceptors (Lipinski definition) is 3. The number of carboxylic acid groups (broad SMARTS) is 1. The zero-order valence-electron chi connectivity index (χ0n) is 12.0. The summed E-state index contributed by atoms with van der Waals surface area (Å²) in [5.74, 6) is -0.901. The average Bonchev–Trinajstić information content (AvgIpc) is 2.46. The maximum atomic E-state index is 11.5. The fourth-order valence-electron chi connectivity index (χ4n) is 3.07. The molecule has 1 aromatic carbocycles. The van der Waals surface area contributed by atoms with Gasteiger partial charge in [0, 0.05) is 12.6 Å². The lowest BCUT2D eigenvalue weighted by Crippen LogP contribution is -2.39. The van der Waals surface area contributed by atoms with Gasteiger partial charge < -0.3 is 15.1 Å². The zero-order valence-corrected chi connectivity index (χ0v) is 12.0. The van der Waals surface area contributed by atoms with Gasteiger partial charge in [-0.3, -0.25) is 0 Å². The Morgan fingerprint density at radius 3 is 2.60 bits per heavy atom. The summed E-state index contributed by atoms with van der Waals surface area (Å²) in [6.07, 6.45) is 5.77. The minimum atomic E-state index is -0.901. The maximum Gasteiger partial charge on any atom is 0.337 e. The van der Waals surface area contributed by atoms with Crippen LogP contribution in [-0.2, 0) is 0 Å². The van der Waals surface area contributed by atoms with Crippen molar-refractivity contribution in [2.45, 2.75) is 45.1 Å². The van der Waals surface area contributed by atoms with E-state index in [0.29, 0.717) is 18.2 Å². The molecule has 0 aliphatic heterocycles. The molecule has 2 rings (SSSR count). The van der Waals surface area contributed by atoms with Crippen LogP contribution in [0.5, 0.6) is 0 Å². The highest BCUT2D eigenvalue weighted by Crippen LogP contribution is 2.30. The molecule has 1 fully saturated rings. The molecule has 0 unspecified atom stereocenters. The summed E-state index contributed by atoms with van der Waals surface area (Å²) in [5, 5.41) is 18.7. The van der Waals surface area contributed by atoms with E-state index in [9.17, 15) is 15.0 Å². The molecule has 0 atom stereocenters. The van der Waals surface area contributed by atoms with E-state index in [4.69, 9.17) is 0 Å². The van der Waals surface area contributed by atoms with Crippen molar-refractivity contribution < 1.29 is 15.0 Å². The van der Waals surface area contributed by atoms with Gasteiger partial charge in [0.2, 0.25) is 0 Å². The van der Waals surface area contributed by atoms with Gasteiger partial charge in [-0.25, -0.2) is 4.79 Å². The molecule has 0 aromatic heterocycles. The molecular formula is C16H23NO3. The predicted molar refractivity (Wildman–Crippen MR) is 79.4 cm³/mol. The largest absolute Gasteiger partial charge is 0.478 e. The highest BCUT2D eigenvalue weighted by molar-refractivity contribution is 5.94. The van der Waals surface area contributed by atoms with E-state index in [1.165, 1.54) is 19.3 Å². The maximum absolute atomic E-state index is 11.5. The van der Waals surface area contributed by atoms with Crippen LogP contribution in [0.25, 0.3) is 0 Å². The van der Waals surface area contributed by atoms with Crippen LogP contribution in [0.3, 0.4) is 0 Å². The lowest BCUT2D eigenvalue weighted by Gasteiger charge is -2.36. The average molecular weight is 277 g/mol. The van der Waals surface area contributed by atoms with Crippen molar-refractivity contribution in [1.82, 2.24) is 0 Å². The molecule has 0 spiro atoms. The van der Waals surface area contributed by atoms with Gasteiger partial charge in [0.1, 0.15) is 0 Å². The number of carbonyl (C=O) groups is 1. The molecule has 4 nitrogen and oxygen atoms in total. The number of anilines is 1. The van der Waals surface area contributed by atoms with Crippen molar-refractivity contribution in [2.24, 2.45) is 0 Å². The molecule has 1 aromatic rings. The molecule has 20 heavy (non-hydrogen) atoms. The minimum Gasteiger partial charge on any atom is -0.478 e. The molecule has 0 bridgehead atoms. The summed E-state index contributed by atoms with van der Waals surface area (Å²) in [7, 11) is 0. The van der Waals surface area contributed by atoms with Crippen LogP contribution in [0, 0.1) is 6.92 Å². The van der Waals surface area contributed by atoms with Crippen molar-refractivity contribution in [3.05, 3.63) is 29.3 Å². The van der Waals surface area contributed by atoms with Crippen molar-refractivity contribution >= 4 is 11.7 Å². The topological polar surface area (TPSA) is 60.8 Å².